The lowest BCUT2D eigenvalue weighted by Crippen LogP contribution is -2.66. The van der Waals surface area contributed by atoms with Gasteiger partial charge in [-0.1, -0.05) is 46.8 Å². The Morgan fingerprint density at radius 1 is 0.844 bits per heavy atom. The van der Waals surface area contributed by atoms with E-state index in [0.717, 1.165) is 31.6 Å². The number of carbonyl (C=O) groups excluding carboxylic acids is 1. The van der Waals surface area contributed by atoms with Crippen molar-refractivity contribution in [3.8, 4) is 0 Å². The summed E-state index contributed by atoms with van der Waals surface area (Å²) in [4.78, 5) is 12.6. The molecule has 5 aliphatic carbocycles. The lowest BCUT2D eigenvalue weighted by Gasteiger charge is -2.72. The van der Waals surface area contributed by atoms with Crippen LogP contribution in [0.25, 0.3) is 0 Å². The van der Waals surface area contributed by atoms with Crippen molar-refractivity contribution >= 4 is 6.29 Å². The Kier molecular flexibility index (Phi) is 5.03. The Hall–Kier alpha value is -0.630. The molecule has 0 aromatic heterocycles. The predicted octanol–water partition coefficient (Wildman–Crippen LogP) is 7.20. The van der Waals surface area contributed by atoms with E-state index in [9.17, 15) is 9.90 Å². The summed E-state index contributed by atoms with van der Waals surface area (Å²) in [5, 5.41) is 10.9. The molecule has 0 amide bonds. The molecule has 0 bridgehead atoms. The summed E-state index contributed by atoms with van der Waals surface area (Å²) in [6.07, 6.45) is 13.1. The van der Waals surface area contributed by atoms with E-state index >= 15 is 0 Å². The number of hydrogen-bond donors (Lipinski definition) is 1. The van der Waals surface area contributed by atoms with Crippen LogP contribution in [-0.4, -0.2) is 17.5 Å². The van der Waals surface area contributed by atoms with E-state index in [2.05, 4.69) is 48.1 Å². The third kappa shape index (κ3) is 2.60. The molecule has 5 unspecified atom stereocenters. The fourth-order valence-corrected chi connectivity index (χ4v) is 11.4. The van der Waals surface area contributed by atoms with Crippen LogP contribution in [0.3, 0.4) is 0 Å². The molecule has 0 aliphatic heterocycles. The molecule has 5 saturated carbocycles. The number of allylic oxidation sites excluding steroid dienone is 1. The van der Waals surface area contributed by atoms with Crippen LogP contribution in [0.15, 0.2) is 12.2 Å². The molecule has 180 valence electrons. The number of aliphatic hydroxyl groups excluding tert-OH is 1. The fourth-order valence-electron chi connectivity index (χ4n) is 11.4. The van der Waals surface area contributed by atoms with E-state index in [0.29, 0.717) is 39.9 Å². The molecule has 0 aromatic rings. The molecule has 5 aliphatic rings. The van der Waals surface area contributed by atoms with E-state index in [1.807, 2.05) is 0 Å². The van der Waals surface area contributed by atoms with Crippen molar-refractivity contribution < 1.29 is 9.90 Å². The highest BCUT2D eigenvalue weighted by molar-refractivity contribution is 5.62. The van der Waals surface area contributed by atoms with Crippen molar-refractivity contribution in [2.24, 2.45) is 56.7 Å². The summed E-state index contributed by atoms with van der Waals surface area (Å²) in [5.74, 6) is 3.03. The van der Waals surface area contributed by atoms with Crippen LogP contribution in [0.2, 0.25) is 0 Å². The normalized spacial score (nSPS) is 56.3. The average Bonchev–Trinajstić information content (AvgIpc) is 3.12. The topological polar surface area (TPSA) is 37.3 Å². The molecule has 0 saturated heterocycles. The minimum Gasteiger partial charge on any atom is -0.393 e. The van der Waals surface area contributed by atoms with Crippen LogP contribution in [0.4, 0.5) is 0 Å². The van der Waals surface area contributed by atoms with Gasteiger partial charge in [-0.15, -0.1) is 0 Å². The molecule has 0 heterocycles. The highest BCUT2D eigenvalue weighted by Crippen LogP contribution is 2.77. The van der Waals surface area contributed by atoms with E-state index in [1.165, 1.54) is 50.4 Å². The third-order valence-corrected chi connectivity index (χ3v) is 13.3. The van der Waals surface area contributed by atoms with Gasteiger partial charge < -0.3 is 9.90 Å². The third-order valence-electron chi connectivity index (χ3n) is 13.3. The zero-order chi connectivity index (χ0) is 23.3. The molecular formula is C30H48O2. The van der Waals surface area contributed by atoms with Gasteiger partial charge in [-0.05, 0) is 122 Å². The van der Waals surface area contributed by atoms with Gasteiger partial charge in [0.05, 0.1) is 6.10 Å². The average molecular weight is 441 g/mol. The van der Waals surface area contributed by atoms with Gasteiger partial charge in [-0.2, -0.15) is 0 Å². The first-order chi connectivity index (χ1) is 14.9. The first-order valence-corrected chi connectivity index (χ1v) is 13.7. The van der Waals surface area contributed by atoms with Gasteiger partial charge in [-0.25, -0.2) is 0 Å². The minimum atomic E-state index is -0.158. The summed E-state index contributed by atoms with van der Waals surface area (Å²) in [6.45, 7) is 19.2. The monoisotopic (exact) mass is 440 g/mol. The van der Waals surface area contributed by atoms with Crippen molar-refractivity contribution in [1.29, 1.82) is 0 Å². The molecule has 0 spiro atoms. The maximum absolute atomic E-state index is 12.6. The second-order valence-corrected chi connectivity index (χ2v) is 14.4. The minimum absolute atomic E-state index is 0.0157. The zero-order valence-corrected chi connectivity index (χ0v) is 21.7. The first-order valence-electron chi connectivity index (χ1n) is 13.7. The summed E-state index contributed by atoms with van der Waals surface area (Å²) in [7, 11) is 0. The zero-order valence-electron chi connectivity index (χ0n) is 21.7. The van der Waals surface area contributed by atoms with Gasteiger partial charge in [0.25, 0.3) is 0 Å². The lowest BCUT2D eigenvalue weighted by molar-refractivity contribution is -0.245. The van der Waals surface area contributed by atoms with Gasteiger partial charge in [-0.3, -0.25) is 0 Å². The van der Waals surface area contributed by atoms with Crippen molar-refractivity contribution in [3.63, 3.8) is 0 Å². The smallest absolute Gasteiger partial charge is 0.126 e. The predicted molar refractivity (Wildman–Crippen MR) is 131 cm³/mol. The maximum atomic E-state index is 12.6. The fraction of sp³-hybridized carbons (Fsp3) is 0.900. The first kappa shape index (κ1) is 23.1. The van der Waals surface area contributed by atoms with Gasteiger partial charge in [0.2, 0.25) is 0 Å². The van der Waals surface area contributed by atoms with Crippen LogP contribution in [-0.2, 0) is 4.79 Å². The Labute approximate surface area is 197 Å². The second kappa shape index (κ2) is 6.96. The Balaban J connectivity index is 1.56. The molecule has 10 atom stereocenters. The van der Waals surface area contributed by atoms with Gasteiger partial charge in [0, 0.05) is 5.41 Å². The van der Waals surface area contributed by atoms with Gasteiger partial charge in [0.15, 0.2) is 0 Å². The SMILES string of the molecule is C=C(C)[C@@H]1CC[C@]2(C=O)CC[C@]3(C)C(CCC4[C@@]5(C)CCC(O)C(C)(C)C5CC[C@]43C)C12. The Bertz CT molecular complexity index is 814. The van der Waals surface area contributed by atoms with Crippen LogP contribution in [0.5, 0.6) is 0 Å². The molecule has 5 rings (SSSR count). The number of carbonyl (C=O) groups is 1. The van der Waals surface area contributed by atoms with Crippen LogP contribution in [0, 0.1) is 56.7 Å². The van der Waals surface area contributed by atoms with E-state index < -0.39 is 0 Å². The molecule has 0 radical (unpaired) electrons. The highest BCUT2D eigenvalue weighted by atomic mass is 16.3. The maximum Gasteiger partial charge on any atom is 0.126 e. The largest absolute Gasteiger partial charge is 0.393 e. The molecular weight excluding hydrogens is 392 g/mol. The van der Waals surface area contributed by atoms with Crippen molar-refractivity contribution in [2.45, 2.75) is 112 Å². The molecule has 2 heteroatoms. The molecule has 0 aromatic carbocycles. The molecule has 32 heavy (non-hydrogen) atoms. The quantitative estimate of drug-likeness (QED) is 0.364. The number of fused-ring (bicyclic) bond motifs is 7. The highest BCUT2D eigenvalue weighted by Gasteiger charge is 2.70. The number of aliphatic hydroxyl groups is 1. The summed E-state index contributed by atoms with van der Waals surface area (Å²) < 4.78 is 0. The van der Waals surface area contributed by atoms with Gasteiger partial charge in [0.1, 0.15) is 6.29 Å². The lowest BCUT2D eigenvalue weighted by atomic mass is 9.32. The van der Waals surface area contributed by atoms with E-state index in [-0.39, 0.29) is 16.9 Å². The molecule has 2 nitrogen and oxygen atoms in total. The Morgan fingerprint density at radius 2 is 1.56 bits per heavy atom. The number of hydrogen-bond acceptors (Lipinski definition) is 2. The van der Waals surface area contributed by atoms with E-state index in [4.69, 9.17) is 0 Å². The summed E-state index contributed by atoms with van der Waals surface area (Å²) in [5.41, 5.74) is 2.20. The van der Waals surface area contributed by atoms with Crippen LogP contribution in [0.1, 0.15) is 106 Å². The summed E-state index contributed by atoms with van der Waals surface area (Å²) in [6, 6.07) is 0. The standard InChI is InChI=1S/C30H48O2/c1-19(2)20-10-15-30(18-31)17-16-28(6)21(25(20)30)8-9-23-27(5)13-12-24(32)26(3,4)22(27)11-14-29(23,28)7/h18,20-25,32H,1,8-17H2,2-7H3/t20-,21?,22?,23?,24?,25?,27-,28+,29+,30+/m0/s1. The van der Waals surface area contributed by atoms with Crippen molar-refractivity contribution in [1.82, 2.24) is 0 Å². The number of aldehydes is 1. The second-order valence-electron chi connectivity index (χ2n) is 14.4. The van der Waals surface area contributed by atoms with E-state index in [1.54, 1.807) is 0 Å². The molecule has 1 N–H and O–H groups in total. The van der Waals surface area contributed by atoms with Crippen LogP contribution < -0.4 is 0 Å². The summed E-state index contributed by atoms with van der Waals surface area (Å²) >= 11 is 0. The van der Waals surface area contributed by atoms with Crippen molar-refractivity contribution in [3.05, 3.63) is 12.2 Å². The number of rotatable bonds is 2. The molecule has 5 fully saturated rings. The Morgan fingerprint density at radius 3 is 2.22 bits per heavy atom. The van der Waals surface area contributed by atoms with Gasteiger partial charge >= 0.3 is 0 Å². The van der Waals surface area contributed by atoms with Crippen molar-refractivity contribution in [2.75, 3.05) is 0 Å². The van der Waals surface area contributed by atoms with Crippen LogP contribution >= 0.6 is 0 Å².